The molecule has 1 aliphatic heterocycles. The maximum absolute atomic E-state index is 12.0. The standard InChI is InChI=1S/C12H10ClNO2S2/c13-9-3-1-8(2-4-9)7-10-11(16)14(5-6-15)12(17)18-10/h1-4,7,15H,5-6H2/b10-7-. The van der Waals surface area contributed by atoms with Gasteiger partial charge < -0.3 is 5.11 Å². The zero-order valence-electron chi connectivity index (χ0n) is 9.30. The van der Waals surface area contributed by atoms with Gasteiger partial charge in [0.1, 0.15) is 4.32 Å². The van der Waals surface area contributed by atoms with Gasteiger partial charge in [0.2, 0.25) is 0 Å². The normalized spacial score (nSPS) is 17.9. The lowest BCUT2D eigenvalue weighted by Crippen LogP contribution is -2.30. The fourth-order valence-corrected chi connectivity index (χ4v) is 2.94. The number of benzene rings is 1. The van der Waals surface area contributed by atoms with Gasteiger partial charge in [-0.3, -0.25) is 9.69 Å². The SMILES string of the molecule is O=C1/C(=C/c2ccc(Cl)cc2)SC(=S)N1CCO. The summed E-state index contributed by atoms with van der Waals surface area (Å²) in [5, 5.41) is 9.52. The summed E-state index contributed by atoms with van der Waals surface area (Å²) in [5.74, 6) is -0.158. The molecular formula is C12H10ClNO2S2. The molecule has 3 nitrogen and oxygen atoms in total. The second kappa shape index (κ2) is 5.84. The minimum atomic E-state index is -0.158. The third-order valence-corrected chi connectivity index (χ3v) is 3.99. The molecule has 1 saturated heterocycles. The van der Waals surface area contributed by atoms with Crippen molar-refractivity contribution in [2.24, 2.45) is 0 Å². The summed E-state index contributed by atoms with van der Waals surface area (Å²) in [6, 6.07) is 7.20. The average Bonchev–Trinajstić information content (AvgIpc) is 2.60. The molecule has 1 aromatic rings. The van der Waals surface area contributed by atoms with Crippen LogP contribution in [0.5, 0.6) is 0 Å². The number of carbonyl (C=O) groups excluding carboxylic acids is 1. The number of nitrogens with zero attached hydrogens (tertiary/aromatic N) is 1. The predicted octanol–water partition coefficient (Wildman–Crippen LogP) is 2.53. The third-order valence-electron chi connectivity index (χ3n) is 2.36. The van der Waals surface area contributed by atoms with E-state index in [1.165, 1.54) is 16.7 Å². The van der Waals surface area contributed by atoms with Crippen molar-refractivity contribution in [2.45, 2.75) is 0 Å². The van der Waals surface area contributed by atoms with E-state index >= 15 is 0 Å². The van der Waals surface area contributed by atoms with Gasteiger partial charge in [-0.2, -0.15) is 0 Å². The Kier molecular flexibility index (Phi) is 4.40. The summed E-state index contributed by atoms with van der Waals surface area (Å²) in [6.45, 7) is 0.142. The Balaban J connectivity index is 2.22. The van der Waals surface area contributed by atoms with Crippen LogP contribution in [0.1, 0.15) is 5.56 Å². The average molecular weight is 300 g/mol. The van der Waals surface area contributed by atoms with E-state index < -0.39 is 0 Å². The van der Waals surface area contributed by atoms with Crippen molar-refractivity contribution in [1.82, 2.24) is 4.90 Å². The molecule has 0 aliphatic carbocycles. The van der Waals surface area contributed by atoms with Crippen molar-refractivity contribution in [3.05, 3.63) is 39.8 Å². The van der Waals surface area contributed by atoms with Crippen LogP contribution in [0.2, 0.25) is 5.02 Å². The van der Waals surface area contributed by atoms with Gasteiger partial charge in [0.15, 0.2) is 0 Å². The molecule has 0 saturated carbocycles. The summed E-state index contributed by atoms with van der Waals surface area (Å²) in [5.41, 5.74) is 0.892. The Bertz CT molecular complexity index is 513. The molecule has 1 amide bonds. The summed E-state index contributed by atoms with van der Waals surface area (Å²) < 4.78 is 0.481. The number of hydrogen-bond acceptors (Lipinski definition) is 4. The molecule has 6 heteroatoms. The van der Waals surface area contributed by atoms with Gasteiger partial charge in [0.05, 0.1) is 18.1 Å². The van der Waals surface area contributed by atoms with Gasteiger partial charge in [0, 0.05) is 5.02 Å². The smallest absolute Gasteiger partial charge is 0.266 e. The van der Waals surface area contributed by atoms with Crippen LogP contribution in [-0.2, 0) is 4.79 Å². The first-order valence-corrected chi connectivity index (χ1v) is 6.84. The van der Waals surface area contributed by atoms with E-state index in [2.05, 4.69) is 0 Å². The highest BCUT2D eigenvalue weighted by molar-refractivity contribution is 8.26. The van der Waals surface area contributed by atoms with Gasteiger partial charge in [-0.05, 0) is 23.8 Å². The molecule has 94 valence electrons. The van der Waals surface area contributed by atoms with Crippen molar-refractivity contribution in [3.8, 4) is 0 Å². The molecule has 2 rings (SSSR count). The number of thiocarbonyl (C=S) groups is 1. The molecule has 0 radical (unpaired) electrons. The van der Waals surface area contributed by atoms with Crippen LogP contribution in [-0.4, -0.2) is 33.4 Å². The first kappa shape index (κ1) is 13.5. The number of thioether (sulfide) groups is 1. The van der Waals surface area contributed by atoms with Crippen molar-refractivity contribution in [1.29, 1.82) is 0 Å². The lowest BCUT2D eigenvalue weighted by atomic mass is 10.2. The van der Waals surface area contributed by atoms with E-state index in [1.54, 1.807) is 18.2 Å². The molecule has 0 aromatic heterocycles. The summed E-state index contributed by atoms with van der Waals surface area (Å²) >= 11 is 12.1. The molecule has 1 aliphatic rings. The minimum Gasteiger partial charge on any atom is -0.395 e. The Morgan fingerprint density at radius 2 is 2.06 bits per heavy atom. The van der Waals surface area contributed by atoms with E-state index in [4.69, 9.17) is 28.9 Å². The zero-order chi connectivity index (χ0) is 13.1. The topological polar surface area (TPSA) is 40.5 Å². The van der Waals surface area contributed by atoms with Gasteiger partial charge in [-0.1, -0.05) is 47.7 Å². The first-order valence-electron chi connectivity index (χ1n) is 5.23. The Morgan fingerprint density at radius 1 is 1.39 bits per heavy atom. The molecule has 0 unspecified atom stereocenters. The molecule has 1 heterocycles. The highest BCUT2D eigenvalue weighted by Gasteiger charge is 2.31. The number of aliphatic hydroxyl groups excluding tert-OH is 1. The molecular weight excluding hydrogens is 290 g/mol. The van der Waals surface area contributed by atoms with Crippen LogP contribution in [0.25, 0.3) is 6.08 Å². The Labute approximate surface area is 119 Å². The van der Waals surface area contributed by atoms with Crippen molar-refractivity contribution in [2.75, 3.05) is 13.2 Å². The summed E-state index contributed by atoms with van der Waals surface area (Å²) in [6.07, 6.45) is 1.77. The van der Waals surface area contributed by atoms with Crippen LogP contribution < -0.4 is 0 Å². The maximum Gasteiger partial charge on any atom is 0.266 e. The van der Waals surface area contributed by atoms with Crippen molar-refractivity contribution < 1.29 is 9.90 Å². The number of amides is 1. The van der Waals surface area contributed by atoms with E-state index in [9.17, 15) is 4.79 Å². The maximum atomic E-state index is 12.0. The van der Waals surface area contributed by atoms with Gasteiger partial charge in [0.25, 0.3) is 5.91 Å². The van der Waals surface area contributed by atoms with Crippen LogP contribution in [0.4, 0.5) is 0 Å². The van der Waals surface area contributed by atoms with Crippen LogP contribution >= 0.6 is 35.6 Å². The Morgan fingerprint density at radius 3 is 2.67 bits per heavy atom. The Hall–Kier alpha value is -0.880. The molecule has 1 N–H and O–H groups in total. The molecule has 1 aromatic carbocycles. The molecule has 0 bridgehead atoms. The monoisotopic (exact) mass is 299 g/mol. The number of aliphatic hydroxyl groups is 1. The second-order valence-corrected chi connectivity index (χ2v) is 5.72. The second-order valence-electron chi connectivity index (χ2n) is 3.61. The molecule has 1 fully saturated rings. The molecule has 0 atom stereocenters. The molecule has 0 spiro atoms. The number of halogens is 1. The van der Waals surface area contributed by atoms with Crippen molar-refractivity contribution in [3.63, 3.8) is 0 Å². The predicted molar refractivity (Wildman–Crippen MR) is 78.4 cm³/mol. The van der Waals surface area contributed by atoms with Crippen LogP contribution in [0, 0.1) is 0 Å². The van der Waals surface area contributed by atoms with Crippen LogP contribution in [0.3, 0.4) is 0 Å². The van der Waals surface area contributed by atoms with E-state index in [0.717, 1.165) is 5.56 Å². The minimum absolute atomic E-state index is 0.0966. The van der Waals surface area contributed by atoms with E-state index in [1.807, 2.05) is 12.1 Å². The zero-order valence-corrected chi connectivity index (χ0v) is 11.7. The number of rotatable bonds is 3. The first-order chi connectivity index (χ1) is 8.61. The molecule has 18 heavy (non-hydrogen) atoms. The number of carbonyl (C=O) groups is 1. The lowest BCUT2D eigenvalue weighted by molar-refractivity contribution is -0.122. The highest BCUT2D eigenvalue weighted by atomic mass is 35.5. The van der Waals surface area contributed by atoms with E-state index in [0.29, 0.717) is 14.2 Å². The lowest BCUT2D eigenvalue weighted by Gasteiger charge is -2.11. The van der Waals surface area contributed by atoms with Crippen LogP contribution in [0.15, 0.2) is 29.2 Å². The third kappa shape index (κ3) is 2.92. The summed E-state index contributed by atoms with van der Waals surface area (Å²) in [7, 11) is 0. The highest BCUT2D eigenvalue weighted by Crippen LogP contribution is 2.32. The quantitative estimate of drug-likeness (QED) is 0.688. The van der Waals surface area contributed by atoms with Gasteiger partial charge in [-0.25, -0.2) is 0 Å². The summed E-state index contributed by atoms with van der Waals surface area (Å²) in [4.78, 5) is 14.0. The number of β-amino-alcohol motifs (C(OH)–C–C–N with tert-alkyl or cyclic N) is 1. The fourth-order valence-electron chi connectivity index (χ4n) is 1.50. The largest absolute Gasteiger partial charge is 0.395 e. The number of hydrogen-bond donors (Lipinski definition) is 1. The van der Waals surface area contributed by atoms with Crippen molar-refractivity contribution >= 4 is 51.9 Å². The fraction of sp³-hybridized carbons (Fsp3) is 0.167. The van der Waals surface area contributed by atoms with E-state index in [-0.39, 0.29) is 19.1 Å². The van der Waals surface area contributed by atoms with Gasteiger partial charge >= 0.3 is 0 Å². The van der Waals surface area contributed by atoms with Gasteiger partial charge in [-0.15, -0.1) is 0 Å².